The Hall–Kier alpha value is -2.69. The van der Waals surface area contributed by atoms with Crippen LogP contribution in [0.15, 0.2) is 59.9 Å². The summed E-state index contributed by atoms with van der Waals surface area (Å²) in [6.45, 7) is 2.13. The lowest BCUT2D eigenvalue weighted by atomic mass is 9.85. The van der Waals surface area contributed by atoms with E-state index in [2.05, 4.69) is 45.0 Å². The Morgan fingerprint density at radius 2 is 1.76 bits per heavy atom. The third-order valence-electron chi connectivity index (χ3n) is 6.75. The topological polar surface area (TPSA) is 91.6 Å². The maximum Gasteiger partial charge on any atom is 0.233 e. The van der Waals surface area contributed by atoms with Gasteiger partial charge in [0.25, 0.3) is 0 Å². The first-order valence-electron chi connectivity index (χ1n) is 11.2. The highest BCUT2D eigenvalue weighted by atomic mass is 127. The van der Waals surface area contributed by atoms with E-state index in [1.807, 2.05) is 35.3 Å². The van der Waals surface area contributed by atoms with E-state index in [4.69, 9.17) is 0 Å². The zero-order chi connectivity index (χ0) is 22.1. The molecule has 9 heteroatoms. The minimum absolute atomic E-state index is 0. The molecule has 4 unspecified atom stereocenters. The molecule has 2 amide bonds. The average Bonchev–Trinajstić information content (AvgIpc) is 3.58. The molecule has 1 aromatic carbocycles. The molecule has 2 aromatic rings. The standard InChI is InChI=1S/C24H28N6O2.HI/c1-25-24(27-12-17-13-28-29(15-17)14-16-5-3-2-4-6-16)26-9-10-30-22(31)20-18-7-8-19(11-18)21(20)23(30)32;/h2-8,13,15,18-21H,9-12,14H2,1H3,(H2,25,26,27);1H. The Bertz CT molecular complexity index is 1040. The van der Waals surface area contributed by atoms with Gasteiger partial charge < -0.3 is 10.6 Å². The van der Waals surface area contributed by atoms with Crippen molar-refractivity contribution in [1.82, 2.24) is 25.3 Å². The molecule has 8 nitrogen and oxygen atoms in total. The highest BCUT2D eigenvalue weighted by Crippen LogP contribution is 2.52. The molecular weight excluding hydrogens is 531 g/mol. The Balaban J connectivity index is 0.00000259. The molecule has 2 N–H and O–H groups in total. The molecule has 1 aliphatic heterocycles. The van der Waals surface area contributed by atoms with Crippen LogP contribution in [0.25, 0.3) is 0 Å². The molecule has 3 aliphatic rings. The number of amides is 2. The van der Waals surface area contributed by atoms with Crippen LogP contribution in [0.1, 0.15) is 17.5 Å². The highest BCUT2D eigenvalue weighted by molar-refractivity contribution is 14.0. The number of imide groups is 1. The number of rotatable bonds is 7. The van der Waals surface area contributed by atoms with E-state index in [-0.39, 0.29) is 59.5 Å². The van der Waals surface area contributed by atoms with E-state index in [9.17, 15) is 9.59 Å². The SMILES string of the molecule is CN=C(NCCN1C(=O)C2C3C=CC(C3)C2C1=O)NCc1cnn(Cc2ccccc2)c1.I. The van der Waals surface area contributed by atoms with Crippen LogP contribution in [0.3, 0.4) is 0 Å². The number of aromatic nitrogens is 2. The fourth-order valence-electron chi connectivity index (χ4n) is 5.23. The molecule has 33 heavy (non-hydrogen) atoms. The van der Waals surface area contributed by atoms with Crippen molar-refractivity contribution in [3.8, 4) is 0 Å². The van der Waals surface area contributed by atoms with Gasteiger partial charge in [0.1, 0.15) is 0 Å². The van der Waals surface area contributed by atoms with Crippen LogP contribution in [0.5, 0.6) is 0 Å². The molecule has 2 bridgehead atoms. The number of hydrogen-bond donors (Lipinski definition) is 2. The maximum absolute atomic E-state index is 12.8. The molecule has 0 spiro atoms. The van der Waals surface area contributed by atoms with Gasteiger partial charge in [0.15, 0.2) is 5.96 Å². The van der Waals surface area contributed by atoms with E-state index in [0.717, 1.165) is 18.5 Å². The van der Waals surface area contributed by atoms with Crippen LogP contribution in [-0.4, -0.2) is 52.6 Å². The van der Waals surface area contributed by atoms with Gasteiger partial charge in [-0.3, -0.25) is 24.2 Å². The van der Waals surface area contributed by atoms with Gasteiger partial charge >= 0.3 is 0 Å². The van der Waals surface area contributed by atoms with Crippen LogP contribution < -0.4 is 10.6 Å². The number of hydrogen-bond acceptors (Lipinski definition) is 4. The number of aliphatic imine (C=N–C) groups is 1. The molecule has 174 valence electrons. The summed E-state index contributed by atoms with van der Waals surface area (Å²) < 4.78 is 1.91. The lowest BCUT2D eigenvalue weighted by Crippen LogP contribution is -2.43. The van der Waals surface area contributed by atoms with E-state index in [0.29, 0.717) is 25.6 Å². The van der Waals surface area contributed by atoms with Crippen molar-refractivity contribution in [3.63, 3.8) is 0 Å². The monoisotopic (exact) mass is 560 g/mol. The number of benzene rings is 1. The van der Waals surface area contributed by atoms with Gasteiger partial charge in [-0.15, -0.1) is 24.0 Å². The lowest BCUT2D eigenvalue weighted by Gasteiger charge is -2.18. The summed E-state index contributed by atoms with van der Waals surface area (Å²) in [7, 11) is 1.70. The largest absolute Gasteiger partial charge is 0.355 e. The Morgan fingerprint density at radius 3 is 2.42 bits per heavy atom. The molecular formula is C24H29IN6O2. The van der Waals surface area contributed by atoms with Gasteiger partial charge in [-0.1, -0.05) is 42.5 Å². The first-order chi connectivity index (χ1) is 15.6. The molecule has 2 fully saturated rings. The van der Waals surface area contributed by atoms with Crippen LogP contribution in [0.2, 0.25) is 0 Å². The molecule has 1 saturated heterocycles. The van der Waals surface area contributed by atoms with E-state index in [1.165, 1.54) is 10.5 Å². The van der Waals surface area contributed by atoms with Crippen molar-refractivity contribution in [1.29, 1.82) is 0 Å². The van der Waals surface area contributed by atoms with Crippen LogP contribution in [-0.2, 0) is 22.7 Å². The van der Waals surface area contributed by atoms with E-state index < -0.39 is 0 Å². The Labute approximate surface area is 210 Å². The smallest absolute Gasteiger partial charge is 0.233 e. The summed E-state index contributed by atoms with van der Waals surface area (Å²) in [4.78, 5) is 31.2. The van der Waals surface area contributed by atoms with Gasteiger partial charge in [0, 0.05) is 38.4 Å². The number of halogens is 1. The fourth-order valence-corrected chi connectivity index (χ4v) is 5.23. The van der Waals surface area contributed by atoms with Crippen molar-refractivity contribution in [2.24, 2.45) is 28.7 Å². The van der Waals surface area contributed by atoms with Crippen LogP contribution in [0.4, 0.5) is 0 Å². The number of carbonyl (C=O) groups is 2. The summed E-state index contributed by atoms with van der Waals surface area (Å²) in [6, 6.07) is 10.2. The van der Waals surface area contributed by atoms with Crippen molar-refractivity contribution >= 4 is 41.8 Å². The number of likely N-dealkylation sites (tertiary alicyclic amines) is 1. The number of allylic oxidation sites excluding steroid dienone is 2. The van der Waals surface area contributed by atoms with Gasteiger partial charge in [-0.25, -0.2) is 0 Å². The third-order valence-corrected chi connectivity index (χ3v) is 6.75. The van der Waals surface area contributed by atoms with Crippen LogP contribution in [0, 0.1) is 23.7 Å². The Morgan fingerprint density at radius 1 is 1.06 bits per heavy atom. The quantitative estimate of drug-likeness (QED) is 0.178. The van der Waals surface area contributed by atoms with Gasteiger partial charge in [0.05, 0.1) is 24.6 Å². The first-order valence-corrected chi connectivity index (χ1v) is 11.2. The van der Waals surface area contributed by atoms with Crippen molar-refractivity contribution in [3.05, 3.63) is 66.0 Å². The van der Waals surface area contributed by atoms with Crippen molar-refractivity contribution in [2.75, 3.05) is 20.1 Å². The molecule has 2 heterocycles. The first kappa shape index (κ1) is 23.5. The van der Waals surface area contributed by atoms with Gasteiger partial charge in [-0.05, 0) is 23.8 Å². The summed E-state index contributed by atoms with van der Waals surface area (Å²) in [6.07, 6.45) is 9.04. The number of nitrogens with zero attached hydrogens (tertiary/aromatic N) is 4. The van der Waals surface area contributed by atoms with E-state index >= 15 is 0 Å². The fraction of sp³-hybridized carbons (Fsp3) is 0.417. The normalized spacial score (nSPS) is 25.4. The lowest BCUT2D eigenvalue weighted by molar-refractivity contribution is -0.140. The number of guanidine groups is 1. The number of fused-ring (bicyclic) bond motifs is 5. The van der Waals surface area contributed by atoms with Crippen molar-refractivity contribution < 1.29 is 9.59 Å². The second-order valence-corrected chi connectivity index (χ2v) is 8.71. The molecule has 1 aromatic heterocycles. The van der Waals surface area contributed by atoms with Crippen LogP contribution >= 0.6 is 24.0 Å². The number of carbonyl (C=O) groups excluding carboxylic acids is 2. The number of nitrogens with one attached hydrogen (secondary N) is 2. The molecule has 5 rings (SSSR count). The van der Waals surface area contributed by atoms with Crippen molar-refractivity contribution in [2.45, 2.75) is 19.5 Å². The average molecular weight is 560 g/mol. The predicted octanol–water partition coefficient (Wildman–Crippen LogP) is 2.02. The highest BCUT2D eigenvalue weighted by Gasteiger charge is 2.58. The zero-order valence-electron chi connectivity index (χ0n) is 18.6. The van der Waals surface area contributed by atoms with E-state index in [1.54, 1.807) is 7.05 Å². The summed E-state index contributed by atoms with van der Waals surface area (Å²) in [5.74, 6) is 0.833. The second-order valence-electron chi connectivity index (χ2n) is 8.71. The van der Waals surface area contributed by atoms with Gasteiger partial charge in [-0.2, -0.15) is 5.10 Å². The molecule has 1 saturated carbocycles. The third kappa shape index (κ3) is 4.68. The Kier molecular flexibility index (Phi) is 7.16. The van der Waals surface area contributed by atoms with Gasteiger partial charge in [0.2, 0.25) is 11.8 Å². The minimum Gasteiger partial charge on any atom is -0.355 e. The predicted molar refractivity (Wildman–Crippen MR) is 136 cm³/mol. The second kappa shape index (κ2) is 10.1. The maximum atomic E-state index is 12.8. The molecule has 0 radical (unpaired) electrons. The molecule has 4 atom stereocenters. The zero-order valence-corrected chi connectivity index (χ0v) is 20.9. The summed E-state index contributed by atoms with van der Waals surface area (Å²) >= 11 is 0. The molecule has 2 aliphatic carbocycles. The summed E-state index contributed by atoms with van der Waals surface area (Å²) in [5, 5.41) is 10.9. The summed E-state index contributed by atoms with van der Waals surface area (Å²) in [5.41, 5.74) is 2.25. The minimum atomic E-state index is -0.137.